The number of hydrogen-bond donors (Lipinski definition) is 3. The molecule has 0 saturated carbocycles. The summed E-state index contributed by atoms with van der Waals surface area (Å²) in [4.78, 5) is 19.2. The largest absolute Gasteiger partial charge is 0.401 e. The van der Waals surface area contributed by atoms with Crippen LogP contribution in [0.2, 0.25) is 0 Å². The Morgan fingerprint density at radius 2 is 2.10 bits per heavy atom. The predicted octanol–water partition coefficient (Wildman–Crippen LogP) is 1.49. The highest BCUT2D eigenvalue weighted by molar-refractivity contribution is 5.92. The molecular formula is C19H29F3N6O. The minimum Gasteiger partial charge on any atom is -0.352 e. The van der Waals surface area contributed by atoms with Crippen molar-refractivity contribution in [2.24, 2.45) is 4.99 Å². The lowest BCUT2D eigenvalue weighted by Crippen LogP contribution is -2.44. The number of alkyl halides is 3. The second-order valence-electron chi connectivity index (χ2n) is 7.39. The van der Waals surface area contributed by atoms with Gasteiger partial charge in [-0.3, -0.25) is 14.7 Å². The summed E-state index contributed by atoms with van der Waals surface area (Å²) in [5, 5.41) is 9.19. The van der Waals surface area contributed by atoms with Gasteiger partial charge in [0, 0.05) is 38.4 Å². The third kappa shape index (κ3) is 8.70. The molecule has 0 aromatic heterocycles. The first-order chi connectivity index (χ1) is 13.6. The van der Waals surface area contributed by atoms with E-state index in [1.54, 1.807) is 11.9 Å². The fourth-order valence-electron chi connectivity index (χ4n) is 3.17. The predicted molar refractivity (Wildman–Crippen MR) is 108 cm³/mol. The number of amides is 1. The lowest BCUT2D eigenvalue weighted by molar-refractivity contribution is -0.143. The summed E-state index contributed by atoms with van der Waals surface area (Å²) in [6, 6.07) is 7.37. The molecule has 1 aromatic rings. The molecule has 1 atom stereocenters. The lowest BCUT2D eigenvalue weighted by atomic mass is 10.2. The zero-order valence-corrected chi connectivity index (χ0v) is 17.0. The number of likely N-dealkylation sites (N-methyl/N-ethyl adjacent to an activating group) is 1. The molecule has 0 radical (unpaired) electrons. The number of likely N-dealkylation sites (tertiary alicyclic amines) is 1. The molecule has 10 heteroatoms. The number of carbonyl (C=O) groups excluding carboxylic acids is 1. The number of rotatable bonds is 7. The standard InChI is InChI=1S/C19H29F3N6O/c1-23-18(26-16-7-8-28(11-16)13-19(20,21)22)24-10-14-5-4-6-15(9-14)25-17(29)12-27(2)3/h4-6,9,16H,7-8,10-13H2,1-3H3,(H,25,29)(H2,23,24,26). The van der Waals surface area contributed by atoms with E-state index in [0.29, 0.717) is 44.2 Å². The van der Waals surface area contributed by atoms with Crippen molar-refractivity contribution in [2.45, 2.75) is 25.2 Å². The van der Waals surface area contributed by atoms with Gasteiger partial charge < -0.3 is 20.9 Å². The summed E-state index contributed by atoms with van der Waals surface area (Å²) in [6.07, 6.45) is -3.55. The highest BCUT2D eigenvalue weighted by atomic mass is 19.4. The Morgan fingerprint density at radius 3 is 2.76 bits per heavy atom. The number of carbonyl (C=O) groups is 1. The van der Waals surface area contributed by atoms with Gasteiger partial charge >= 0.3 is 6.18 Å². The van der Waals surface area contributed by atoms with Gasteiger partial charge in [-0.25, -0.2) is 0 Å². The maximum atomic E-state index is 12.5. The highest BCUT2D eigenvalue weighted by Crippen LogP contribution is 2.20. The third-order valence-corrected chi connectivity index (χ3v) is 4.37. The van der Waals surface area contributed by atoms with E-state index >= 15 is 0 Å². The summed E-state index contributed by atoms with van der Waals surface area (Å²) >= 11 is 0. The van der Waals surface area contributed by atoms with Crippen molar-refractivity contribution >= 4 is 17.6 Å². The topological polar surface area (TPSA) is 72.0 Å². The normalized spacial score (nSPS) is 18.2. The van der Waals surface area contributed by atoms with E-state index in [9.17, 15) is 18.0 Å². The van der Waals surface area contributed by atoms with Crippen molar-refractivity contribution in [1.82, 2.24) is 20.4 Å². The molecule has 29 heavy (non-hydrogen) atoms. The Kier molecular flexibility index (Phi) is 8.27. The maximum absolute atomic E-state index is 12.5. The average molecular weight is 414 g/mol. The van der Waals surface area contributed by atoms with Crippen LogP contribution in [0.25, 0.3) is 0 Å². The molecule has 0 bridgehead atoms. The Labute approximate surface area is 169 Å². The van der Waals surface area contributed by atoms with E-state index in [4.69, 9.17) is 0 Å². The van der Waals surface area contributed by atoms with E-state index in [2.05, 4.69) is 20.9 Å². The average Bonchev–Trinajstić information content (AvgIpc) is 3.03. The Bertz CT molecular complexity index is 707. The summed E-state index contributed by atoms with van der Waals surface area (Å²) in [7, 11) is 5.27. The van der Waals surface area contributed by atoms with E-state index in [1.807, 2.05) is 38.4 Å². The van der Waals surface area contributed by atoms with Crippen molar-refractivity contribution < 1.29 is 18.0 Å². The molecule has 3 N–H and O–H groups in total. The Morgan fingerprint density at radius 1 is 1.34 bits per heavy atom. The first-order valence-electron chi connectivity index (χ1n) is 9.44. The van der Waals surface area contributed by atoms with Crippen molar-refractivity contribution in [3.63, 3.8) is 0 Å². The number of nitrogens with zero attached hydrogens (tertiary/aromatic N) is 3. The van der Waals surface area contributed by atoms with Gasteiger partial charge in [-0.15, -0.1) is 0 Å². The third-order valence-electron chi connectivity index (χ3n) is 4.37. The number of aliphatic imine (C=N–C) groups is 1. The Balaban J connectivity index is 1.82. The van der Waals surface area contributed by atoms with Gasteiger partial charge in [0.25, 0.3) is 0 Å². The molecule has 0 aliphatic carbocycles. The number of benzene rings is 1. The van der Waals surface area contributed by atoms with Crippen molar-refractivity contribution in [2.75, 3.05) is 52.6 Å². The number of guanidine groups is 1. The van der Waals surface area contributed by atoms with E-state index < -0.39 is 12.7 Å². The second-order valence-corrected chi connectivity index (χ2v) is 7.39. The van der Waals surface area contributed by atoms with E-state index in [0.717, 1.165) is 5.56 Å². The fraction of sp³-hybridized carbons (Fsp3) is 0.579. The van der Waals surface area contributed by atoms with Gasteiger partial charge in [-0.1, -0.05) is 12.1 Å². The number of nitrogens with one attached hydrogen (secondary N) is 3. The van der Waals surface area contributed by atoms with Crippen LogP contribution in [0.5, 0.6) is 0 Å². The van der Waals surface area contributed by atoms with Crippen molar-refractivity contribution in [3.8, 4) is 0 Å². The molecule has 1 aromatic carbocycles. The van der Waals surface area contributed by atoms with Gasteiger partial charge in [0.15, 0.2) is 5.96 Å². The van der Waals surface area contributed by atoms with Crippen LogP contribution < -0.4 is 16.0 Å². The number of halogens is 3. The minimum atomic E-state index is -4.18. The quantitative estimate of drug-likeness (QED) is 0.466. The van der Waals surface area contributed by atoms with Gasteiger partial charge in [0.05, 0.1) is 13.1 Å². The van der Waals surface area contributed by atoms with Crippen LogP contribution in [-0.4, -0.2) is 81.2 Å². The first kappa shape index (κ1) is 23.0. The van der Waals surface area contributed by atoms with Crippen LogP contribution in [0.3, 0.4) is 0 Å². The summed E-state index contributed by atoms with van der Waals surface area (Å²) in [5.41, 5.74) is 1.65. The van der Waals surface area contributed by atoms with E-state index in [1.165, 1.54) is 4.90 Å². The molecule has 0 spiro atoms. The molecule has 1 heterocycles. The number of hydrogen-bond acceptors (Lipinski definition) is 4. The summed E-state index contributed by atoms with van der Waals surface area (Å²) in [5.74, 6) is 0.438. The van der Waals surface area contributed by atoms with Crippen LogP contribution in [0, 0.1) is 0 Å². The fourth-order valence-corrected chi connectivity index (χ4v) is 3.17. The van der Waals surface area contributed by atoms with Gasteiger partial charge in [0.2, 0.25) is 5.91 Å². The summed E-state index contributed by atoms with van der Waals surface area (Å²) < 4.78 is 37.6. The second kappa shape index (κ2) is 10.4. The van der Waals surface area contributed by atoms with Crippen LogP contribution >= 0.6 is 0 Å². The molecule has 1 unspecified atom stereocenters. The van der Waals surface area contributed by atoms with Crippen LogP contribution in [0.4, 0.5) is 18.9 Å². The molecule has 1 saturated heterocycles. The molecule has 1 fully saturated rings. The van der Waals surface area contributed by atoms with Crippen LogP contribution in [-0.2, 0) is 11.3 Å². The molecular weight excluding hydrogens is 385 g/mol. The Hall–Kier alpha value is -2.33. The zero-order chi connectivity index (χ0) is 21.4. The first-order valence-corrected chi connectivity index (χ1v) is 9.44. The lowest BCUT2D eigenvalue weighted by Gasteiger charge is -2.20. The molecule has 1 aliphatic heterocycles. The molecule has 162 valence electrons. The summed E-state index contributed by atoms with van der Waals surface area (Å²) in [6.45, 7) is 0.613. The van der Waals surface area contributed by atoms with Gasteiger partial charge in [-0.05, 0) is 38.2 Å². The van der Waals surface area contributed by atoms with Crippen molar-refractivity contribution in [1.29, 1.82) is 0 Å². The van der Waals surface area contributed by atoms with Crippen LogP contribution in [0.1, 0.15) is 12.0 Å². The minimum absolute atomic E-state index is 0.0831. The smallest absolute Gasteiger partial charge is 0.352 e. The number of anilines is 1. The molecule has 2 rings (SSSR count). The highest BCUT2D eigenvalue weighted by Gasteiger charge is 2.34. The van der Waals surface area contributed by atoms with Gasteiger partial charge in [0.1, 0.15) is 0 Å². The zero-order valence-electron chi connectivity index (χ0n) is 17.0. The molecule has 7 nitrogen and oxygen atoms in total. The molecule has 1 amide bonds. The SMILES string of the molecule is CN=C(NCc1cccc(NC(=O)CN(C)C)c1)NC1CCN(CC(F)(F)F)C1. The van der Waals surface area contributed by atoms with E-state index in [-0.39, 0.29) is 11.9 Å². The monoisotopic (exact) mass is 414 g/mol. The van der Waals surface area contributed by atoms with Crippen LogP contribution in [0.15, 0.2) is 29.3 Å². The van der Waals surface area contributed by atoms with Gasteiger partial charge in [-0.2, -0.15) is 13.2 Å². The van der Waals surface area contributed by atoms with Crippen molar-refractivity contribution in [3.05, 3.63) is 29.8 Å². The molecule has 1 aliphatic rings. The maximum Gasteiger partial charge on any atom is 0.401 e.